The van der Waals surface area contributed by atoms with Gasteiger partial charge in [0.15, 0.2) is 0 Å². The standard InChI is InChI=1S/C28H36N2O3/c1-27(2,32-19-20-33-28(3,4)17-18-29)16-15-26(31)30-21-24-11-6-5-9-22(24)13-14-23-10-7-8-12-25(23)30/h5-12H,15-21,29H2,1-4H3. The van der Waals surface area contributed by atoms with Gasteiger partial charge in [0.05, 0.1) is 36.6 Å². The minimum absolute atomic E-state index is 0.0676. The van der Waals surface area contributed by atoms with Crippen LogP contribution in [0.15, 0.2) is 48.5 Å². The van der Waals surface area contributed by atoms with Gasteiger partial charge in [-0.2, -0.15) is 0 Å². The molecule has 176 valence electrons. The van der Waals surface area contributed by atoms with Crippen LogP contribution in [0.25, 0.3) is 0 Å². The second-order valence-electron chi connectivity index (χ2n) is 9.66. The van der Waals surface area contributed by atoms with Gasteiger partial charge >= 0.3 is 0 Å². The molecule has 0 spiro atoms. The van der Waals surface area contributed by atoms with Gasteiger partial charge in [-0.3, -0.25) is 4.79 Å². The molecule has 2 aromatic carbocycles. The van der Waals surface area contributed by atoms with E-state index in [0.29, 0.717) is 39.1 Å². The van der Waals surface area contributed by atoms with Crippen LogP contribution in [0.2, 0.25) is 0 Å². The average Bonchev–Trinajstić information content (AvgIpc) is 2.77. The van der Waals surface area contributed by atoms with E-state index in [1.165, 1.54) is 0 Å². The van der Waals surface area contributed by atoms with Crippen LogP contribution < -0.4 is 10.6 Å². The summed E-state index contributed by atoms with van der Waals surface area (Å²) in [5.41, 5.74) is 8.70. The van der Waals surface area contributed by atoms with Crippen LogP contribution in [0.1, 0.15) is 63.6 Å². The average molecular weight is 449 g/mol. The number of hydrogen-bond acceptors (Lipinski definition) is 4. The van der Waals surface area contributed by atoms with Gasteiger partial charge in [0.2, 0.25) is 5.91 Å². The Bertz CT molecular complexity index is 1020. The number of carbonyl (C=O) groups is 1. The maximum absolute atomic E-state index is 13.4. The van der Waals surface area contributed by atoms with E-state index in [4.69, 9.17) is 15.2 Å². The van der Waals surface area contributed by atoms with Crippen molar-refractivity contribution in [3.05, 3.63) is 65.2 Å². The van der Waals surface area contributed by atoms with E-state index in [0.717, 1.165) is 28.8 Å². The Morgan fingerprint density at radius 1 is 0.909 bits per heavy atom. The molecule has 1 amide bonds. The van der Waals surface area contributed by atoms with Crippen molar-refractivity contribution in [3.8, 4) is 11.8 Å². The number of carbonyl (C=O) groups excluding carboxylic acids is 1. The third-order valence-electron chi connectivity index (χ3n) is 5.93. The molecule has 2 N–H and O–H groups in total. The van der Waals surface area contributed by atoms with Crippen LogP contribution in [0, 0.1) is 11.8 Å². The van der Waals surface area contributed by atoms with Gasteiger partial charge in [-0.15, -0.1) is 0 Å². The fourth-order valence-electron chi connectivity index (χ4n) is 3.88. The van der Waals surface area contributed by atoms with Crippen LogP contribution in [0.3, 0.4) is 0 Å². The van der Waals surface area contributed by atoms with Crippen molar-refractivity contribution in [1.29, 1.82) is 0 Å². The highest BCUT2D eigenvalue weighted by Gasteiger charge is 2.25. The first-order valence-corrected chi connectivity index (χ1v) is 11.7. The molecule has 1 aliphatic rings. The van der Waals surface area contributed by atoms with Gasteiger partial charge in [-0.1, -0.05) is 42.2 Å². The van der Waals surface area contributed by atoms with E-state index in [1.54, 1.807) is 0 Å². The quantitative estimate of drug-likeness (QED) is 0.424. The summed E-state index contributed by atoms with van der Waals surface area (Å²) in [5.74, 6) is 6.57. The molecule has 0 saturated heterocycles. The van der Waals surface area contributed by atoms with E-state index in [9.17, 15) is 4.79 Å². The van der Waals surface area contributed by atoms with Gasteiger partial charge in [-0.25, -0.2) is 0 Å². The SMILES string of the molecule is CC(C)(CCN)OCCOC(C)(C)CCC(=O)N1Cc2ccccc2C#Cc2ccccc21. The Balaban J connectivity index is 1.63. The normalized spacial score (nSPS) is 13.3. The molecule has 5 nitrogen and oxygen atoms in total. The predicted octanol–water partition coefficient (Wildman–Crippen LogP) is 4.65. The van der Waals surface area contributed by atoms with Crippen LogP contribution in [0.4, 0.5) is 5.69 Å². The Morgan fingerprint density at radius 3 is 2.18 bits per heavy atom. The molecule has 0 fully saturated rings. The van der Waals surface area contributed by atoms with E-state index in [-0.39, 0.29) is 11.5 Å². The van der Waals surface area contributed by atoms with Crippen LogP contribution in [-0.2, 0) is 20.8 Å². The number of amides is 1. The summed E-state index contributed by atoms with van der Waals surface area (Å²) >= 11 is 0. The molecule has 1 heterocycles. The van der Waals surface area contributed by atoms with Gasteiger partial charge in [-0.05, 0) is 70.8 Å². The number of nitrogens with zero attached hydrogens (tertiary/aromatic N) is 1. The first kappa shape index (κ1) is 25.0. The lowest BCUT2D eigenvalue weighted by molar-refractivity contribution is -0.121. The molecule has 0 aromatic heterocycles. The molecule has 0 aliphatic carbocycles. The molecule has 1 aliphatic heterocycles. The van der Waals surface area contributed by atoms with E-state index >= 15 is 0 Å². The molecule has 5 heteroatoms. The van der Waals surface area contributed by atoms with Crippen molar-refractivity contribution in [3.63, 3.8) is 0 Å². The Morgan fingerprint density at radius 2 is 1.48 bits per heavy atom. The molecule has 0 radical (unpaired) electrons. The van der Waals surface area contributed by atoms with Crippen molar-refractivity contribution in [2.24, 2.45) is 5.73 Å². The first-order valence-electron chi connectivity index (χ1n) is 11.7. The van der Waals surface area contributed by atoms with Crippen molar-refractivity contribution in [2.75, 3.05) is 24.7 Å². The molecule has 0 unspecified atom stereocenters. The maximum atomic E-state index is 13.4. The number of benzene rings is 2. The van der Waals surface area contributed by atoms with E-state index < -0.39 is 5.60 Å². The maximum Gasteiger partial charge on any atom is 0.227 e. The third kappa shape index (κ3) is 7.17. The zero-order valence-corrected chi connectivity index (χ0v) is 20.3. The summed E-state index contributed by atoms with van der Waals surface area (Å²) in [6.07, 6.45) is 1.80. The highest BCUT2D eigenvalue weighted by molar-refractivity contribution is 5.95. The Labute approximate surface area is 198 Å². The van der Waals surface area contributed by atoms with Crippen molar-refractivity contribution >= 4 is 11.6 Å². The second-order valence-corrected chi connectivity index (χ2v) is 9.66. The van der Waals surface area contributed by atoms with Crippen molar-refractivity contribution < 1.29 is 14.3 Å². The number of fused-ring (bicyclic) bond motifs is 2. The summed E-state index contributed by atoms with van der Waals surface area (Å²) in [7, 11) is 0. The number of anilines is 1. The zero-order valence-electron chi connectivity index (χ0n) is 20.3. The number of ether oxygens (including phenoxy) is 2. The highest BCUT2D eigenvalue weighted by atomic mass is 16.5. The third-order valence-corrected chi connectivity index (χ3v) is 5.93. The minimum atomic E-state index is -0.434. The topological polar surface area (TPSA) is 64.8 Å². The van der Waals surface area contributed by atoms with Crippen molar-refractivity contribution in [2.45, 2.75) is 64.7 Å². The summed E-state index contributed by atoms with van der Waals surface area (Å²) in [5, 5.41) is 0. The minimum Gasteiger partial charge on any atom is -0.373 e. The summed E-state index contributed by atoms with van der Waals surface area (Å²) < 4.78 is 12.0. The van der Waals surface area contributed by atoms with E-state index in [2.05, 4.69) is 11.8 Å². The number of rotatable bonds is 10. The van der Waals surface area contributed by atoms with E-state index in [1.807, 2.05) is 81.1 Å². The molecule has 0 atom stereocenters. The molecular weight excluding hydrogens is 412 g/mol. The largest absolute Gasteiger partial charge is 0.373 e. The lowest BCUT2D eigenvalue weighted by Crippen LogP contribution is -2.35. The van der Waals surface area contributed by atoms with Gasteiger partial charge in [0, 0.05) is 17.5 Å². The summed E-state index contributed by atoms with van der Waals surface area (Å²) in [6, 6.07) is 15.9. The molecule has 3 rings (SSSR count). The Hall–Kier alpha value is -2.65. The summed E-state index contributed by atoms with van der Waals surface area (Å²) in [6.45, 7) is 10.2. The fraction of sp³-hybridized carbons (Fsp3) is 0.464. The van der Waals surface area contributed by atoms with Crippen LogP contribution in [-0.4, -0.2) is 36.9 Å². The molecule has 0 bridgehead atoms. The smallest absolute Gasteiger partial charge is 0.227 e. The predicted molar refractivity (Wildman–Crippen MR) is 133 cm³/mol. The van der Waals surface area contributed by atoms with Crippen LogP contribution in [0.5, 0.6) is 0 Å². The zero-order chi connectivity index (χ0) is 23.9. The van der Waals surface area contributed by atoms with Crippen molar-refractivity contribution in [1.82, 2.24) is 0 Å². The fourth-order valence-corrected chi connectivity index (χ4v) is 3.88. The first-order chi connectivity index (χ1) is 15.7. The summed E-state index contributed by atoms with van der Waals surface area (Å²) in [4.78, 5) is 15.3. The Kier molecular flexibility index (Phi) is 8.31. The monoisotopic (exact) mass is 448 g/mol. The number of para-hydroxylation sites is 1. The molecule has 0 saturated carbocycles. The molecule has 2 aromatic rings. The molecule has 33 heavy (non-hydrogen) atoms. The van der Waals surface area contributed by atoms with Gasteiger partial charge < -0.3 is 20.1 Å². The van der Waals surface area contributed by atoms with Gasteiger partial charge in [0.1, 0.15) is 0 Å². The lowest BCUT2D eigenvalue weighted by atomic mass is 9.99. The van der Waals surface area contributed by atoms with Crippen LogP contribution >= 0.6 is 0 Å². The van der Waals surface area contributed by atoms with Gasteiger partial charge in [0.25, 0.3) is 0 Å². The second kappa shape index (κ2) is 11.0. The number of hydrogen-bond donors (Lipinski definition) is 1. The highest BCUT2D eigenvalue weighted by Crippen LogP contribution is 2.27. The molecular formula is C28H36N2O3. The lowest BCUT2D eigenvalue weighted by Gasteiger charge is -2.30. The number of nitrogens with two attached hydrogens (primary N) is 1.